The van der Waals surface area contributed by atoms with E-state index < -0.39 is 0 Å². The molecule has 2 rings (SSSR count). The molecule has 1 aromatic rings. The van der Waals surface area contributed by atoms with Crippen molar-refractivity contribution in [2.75, 3.05) is 12.3 Å². The Labute approximate surface area is 92.7 Å². The Morgan fingerprint density at radius 3 is 3.40 bits per heavy atom. The summed E-state index contributed by atoms with van der Waals surface area (Å²) in [6.07, 6.45) is 3.33. The van der Waals surface area contributed by atoms with Crippen LogP contribution >= 0.6 is 11.8 Å². The molecule has 0 amide bonds. The monoisotopic (exact) mass is 226 g/mol. The maximum atomic E-state index is 4.89. The van der Waals surface area contributed by atoms with Crippen LogP contribution in [0.2, 0.25) is 0 Å². The zero-order chi connectivity index (χ0) is 10.5. The van der Waals surface area contributed by atoms with Crippen LogP contribution in [-0.2, 0) is 6.42 Å². The third-order valence-electron chi connectivity index (χ3n) is 2.15. The molecular formula is C9H14N4OS. The van der Waals surface area contributed by atoms with Gasteiger partial charge in [-0.2, -0.15) is 4.98 Å². The van der Waals surface area contributed by atoms with E-state index in [1.54, 1.807) is 11.8 Å². The molecule has 1 saturated heterocycles. The molecule has 0 saturated carbocycles. The minimum Gasteiger partial charge on any atom is -0.362 e. The lowest BCUT2D eigenvalue weighted by Crippen LogP contribution is -2.35. The number of hydrogen-bond donors (Lipinski definition) is 1. The van der Waals surface area contributed by atoms with Gasteiger partial charge in [-0.1, -0.05) is 16.9 Å². The maximum absolute atomic E-state index is 4.89. The van der Waals surface area contributed by atoms with Crippen molar-refractivity contribution in [3.05, 3.63) is 12.2 Å². The molecule has 0 spiro atoms. The van der Waals surface area contributed by atoms with Crippen molar-refractivity contribution < 1.29 is 4.52 Å². The quantitative estimate of drug-likeness (QED) is 0.835. The number of rotatable bonds is 3. The number of amidine groups is 1. The summed E-state index contributed by atoms with van der Waals surface area (Å²) in [5, 5.41) is 7.92. The van der Waals surface area contributed by atoms with Gasteiger partial charge in [-0.05, 0) is 13.3 Å². The van der Waals surface area contributed by atoms with Crippen molar-refractivity contribution >= 4 is 16.9 Å². The molecule has 1 aliphatic rings. The Kier molecular flexibility index (Phi) is 3.60. The van der Waals surface area contributed by atoms with Crippen LogP contribution in [0, 0.1) is 0 Å². The summed E-state index contributed by atoms with van der Waals surface area (Å²) >= 11 is 1.78. The fraction of sp³-hybridized carbons (Fsp3) is 0.667. The molecule has 1 unspecified atom stereocenters. The number of hydrogen-bond acceptors (Lipinski definition) is 5. The Hall–Kier alpha value is -1.04. The van der Waals surface area contributed by atoms with Gasteiger partial charge in [-0.15, -0.1) is 0 Å². The van der Waals surface area contributed by atoms with E-state index in [0.717, 1.165) is 10.9 Å². The molecule has 1 N–H and O–H groups in total. The van der Waals surface area contributed by atoms with Gasteiger partial charge in [-0.25, -0.2) is 0 Å². The Balaban J connectivity index is 1.78. The van der Waals surface area contributed by atoms with Crippen LogP contribution in [0.4, 0.5) is 0 Å². The van der Waals surface area contributed by atoms with E-state index in [1.807, 2.05) is 0 Å². The number of thioether (sulfide) groups is 1. The number of nitrogens with zero attached hydrogens (tertiary/aromatic N) is 3. The normalized spacial score (nSPS) is 24.1. The van der Waals surface area contributed by atoms with E-state index in [1.165, 1.54) is 12.7 Å². The highest BCUT2D eigenvalue weighted by molar-refractivity contribution is 8.13. The highest BCUT2D eigenvalue weighted by Gasteiger charge is 2.12. The van der Waals surface area contributed by atoms with Gasteiger partial charge in [-0.3, -0.25) is 4.99 Å². The molecule has 15 heavy (non-hydrogen) atoms. The third-order valence-corrected chi connectivity index (χ3v) is 3.11. The molecule has 1 aromatic heterocycles. The summed E-state index contributed by atoms with van der Waals surface area (Å²) in [4.78, 5) is 8.39. The molecule has 0 aromatic carbocycles. The van der Waals surface area contributed by atoms with E-state index in [4.69, 9.17) is 4.52 Å². The Bertz CT molecular complexity index is 325. The molecule has 5 nitrogen and oxygen atoms in total. The van der Waals surface area contributed by atoms with Crippen molar-refractivity contribution in [3.8, 4) is 0 Å². The second-order valence-corrected chi connectivity index (χ2v) is 4.54. The molecule has 1 atom stereocenters. The van der Waals surface area contributed by atoms with Crippen LogP contribution in [0.1, 0.15) is 19.2 Å². The van der Waals surface area contributed by atoms with Crippen molar-refractivity contribution in [3.63, 3.8) is 0 Å². The van der Waals surface area contributed by atoms with Gasteiger partial charge < -0.3 is 9.84 Å². The van der Waals surface area contributed by atoms with Crippen molar-refractivity contribution in [2.45, 2.75) is 25.8 Å². The summed E-state index contributed by atoms with van der Waals surface area (Å²) in [7, 11) is 0. The highest BCUT2D eigenvalue weighted by Crippen LogP contribution is 2.13. The topological polar surface area (TPSA) is 63.3 Å². The van der Waals surface area contributed by atoms with Crippen molar-refractivity contribution in [2.24, 2.45) is 4.99 Å². The average molecular weight is 226 g/mol. The predicted molar refractivity (Wildman–Crippen MR) is 60.0 cm³/mol. The van der Waals surface area contributed by atoms with Gasteiger partial charge in [0.1, 0.15) is 0 Å². The van der Waals surface area contributed by atoms with Gasteiger partial charge in [0.15, 0.2) is 11.5 Å². The molecule has 6 heteroatoms. The molecular weight excluding hydrogens is 212 g/mol. The molecule has 1 aliphatic heterocycles. The molecule has 2 heterocycles. The van der Waals surface area contributed by atoms with Crippen LogP contribution in [-0.4, -0.2) is 33.6 Å². The Morgan fingerprint density at radius 1 is 1.73 bits per heavy atom. The molecule has 0 bridgehead atoms. The molecule has 1 fully saturated rings. The fourth-order valence-electron chi connectivity index (χ4n) is 1.31. The first-order valence-corrected chi connectivity index (χ1v) is 6.02. The van der Waals surface area contributed by atoms with E-state index in [-0.39, 0.29) is 0 Å². The maximum Gasteiger partial charge on any atom is 0.228 e. The summed E-state index contributed by atoms with van der Waals surface area (Å²) in [6.45, 7) is 2.87. The molecule has 0 radical (unpaired) electrons. The minimum absolute atomic E-state index is 0.536. The molecule has 0 aliphatic carbocycles. The third kappa shape index (κ3) is 3.23. The lowest BCUT2D eigenvalue weighted by atomic mass is 10.3. The summed E-state index contributed by atoms with van der Waals surface area (Å²) in [5.41, 5.74) is 0. The van der Waals surface area contributed by atoms with E-state index in [9.17, 15) is 0 Å². The summed E-state index contributed by atoms with van der Waals surface area (Å²) < 4.78 is 4.89. The smallest absolute Gasteiger partial charge is 0.228 e. The predicted octanol–water partition coefficient (Wildman–Crippen LogP) is 1.08. The second kappa shape index (κ2) is 5.16. The summed E-state index contributed by atoms with van der Waals surface area (Å²) in [5.74, 6) is 1.79. The first-order chi connectivity index (χ1) is 7.34. The van der Waals surface area contributed by atoms with Crippen molar-refractivity contribution in [1.82, 2.24) is 15.5 Å². The standard InChI is InChI=1S/C9H14N4OS/c1-7-3-5-15-9(13-7)10-4-2-8-11-6-12-14-8/h6-7H,2-5H2,1H3,(H,10,13). The first-order valence-electron chi connectivity index (χ1n) is 5.04. The zero-order valence-corrected chi connectivity index (χ0v) is 9.46. The van der Waals surface area contributed by atoms with E-state index in [2.05, 4.69) is 27.4 Å². The zero-order valence-electron chi connectivity index (χ0n) is 8.64. The Morgan fingerprint density at radius 2 is 2.67 bits per heavy atom. The fourth-order valence-corrected chi connectivity index (χ4v) is 2.44. The van der Waals surface area contributed by atoms with Crippen LogP contribution in [0.25, 0.3) is 0 Å². The van der Waals surface area contributed by atoms with E-state index >= 15 is 0 Å². The van der Waals surface area contributed by atoms with Crippen LogP contribution in [0.3, 0.4) is 0 Å². The van der Waals surface area contributed by atoms with Crippen LogP contribution in [0.5, 0.6) is 0 Å². The van der Waals surface area contributed by atoms with Crippen molar-refractivity contribution in [1.29, 1.82) is 0 Å². The highest BCUT2D eigenvalue weighted by atomic mass is 32.2. The molecule has 82 valence electrons. The number of aromatic nitrogens is 2. The SMILES string of the molecule is CC1CCSC(=NCCc2ncno2)N1. The lowest BCUT2D eigenvalue weighted by Gasteiger charge is -2.21. The minimum atomic E-state index is 0.536. The summed E-state index contributed by atoms with van der Waals surface area (Å²) in [6, 6.07) is 0.536. The van der Waals surface area contributed by atoms with Crippen LogP contribution < -0.4 is 5.32 Å². The van der Waals surface area contributed by atoms with Crippen LogP contribution in [0.15, 0.2) is 15.8 Å². The number of aliphatic imine (C=N–C) groups is 1. The lowest BCUT2D eigenvalue weighted by molar-refractivity contribution is 0.379. The van der Waals surface area contributed by atoms with Gasteiger partial charge in [0.2, 0.25) is 5.89 Å². The largest absolute Gasteiger partial charge is 0.362 e. The average Bonchev–Trinajstić information content (AvgIpc) is 2.71. The van der Waals surface area contributed by atoms with Gasteiger partial charge in [0, 0.05) is 18.2 Å². The number of nitrogens with one attached hydrogen (secondary N) is 1. The first kappa shape index (κ1) is 10.5. The second-order valence-electron chi connectivity index (χ2n) is 3.45. The van der Waals surface area contributed by atoms with Gasteiger partial charge in [0.05, 0.1) is 6.54 Å². The van der Waals surface area contributed by atoms with Gasteiger partial charge in [0.25, 0.3) is 0 Å². The van der Waals surface area contributed by atoms with Gasteiger partial charge >= 0.3 is 0 Å². The van der Waals surface area contributed by atoms with E-state index in [0.29, 0.717) is 24.9 Å².